The molecule has 1 atom stereocenters. The smallest absolute Gasteiger partial charge is 0.256 e. The van der Waals surface area contributed by atoms with E-state index in [4.69, 9.17) is 0 Å². The van der Waals surface area contributed by atoms with Gasteiger partial charge in [-0.05, 0) is 49.9 Å². The standard InChI is InChI=1S/C14H15BrN2O/c1-9-8-10(15)6-7-13(9)17-14(18)11-4-2-3-5-12(11)16-17/h6-8,11H,2-5H2,1H3. The minimum Gasteiger partial charge on any atom is -0.272 e. The van der Waals surface area contributed by atoms with Crippen molar-refractivity contribution in [2.45, 2.75) is 32.6 Å². The van der Waals surface area contributed by atoms with Crippen molar-refractivity contribution in [3.8, 4) is 0 Å². The highest BCUT2D eigenvalue weighted by atomic mass is 79.9. The summed E-state index contributed by atoms with van der Waals surface area (Å²) in [5.41, 5.74) is 3.05. The number of carbonyl (C=O) groups excluding carboxylic acids is 1. The molecule has 0 saturated heterocycles. The number of carbonyl (C=O) groups is 1. The molecule has 94 valence electrons. The summed E-state index contributed by atoms with van der Waals surface area (Å²) in [6, 6.07) is 5.93. The zero-order valence-electron chi connectivity index (χ0n) is 10.3. The Hall–Kier alpha value is -1.16. The van der Waals surface area contributed by atoms with Crippen molar-refractivity contribution in [1.29, 1.82) is 0 Å². The van der Waals surface area contributed by atoms with E-state index in [0.29, 0.717) is 0 Å². The van der Waals surface area contributed by atoms with E-state index >= 15 is 0 Å². The molecular weight excluding hydrogens is 292 g/mol. The minimum absolute atomic E-state index is 0.0433. The van der Waals surface area contributed by atoms with Crippen LogP contribution < -0.4 is 5.01 Å². The Kier molecular flexibility index (Phi) is 2.98. The third-order valence-corrected chi connectivity index (χ3v) is 4.19. The Labute approximate surface area is 115 Å². The summed E-state index contributed by atoms with van der Waals surface area (Å²) >= 11 is 3.44. The van der Waals surface area contributed by atoms with Gasteiger partial charge in [0.05, 0.1) is 17.3 Å². The predicted molar refractivity (Wildman–Crippen MR) is 75.8 cm³/mol. The Morgan fingerprint density at radius 1 is 1.39 bits per heavy atom. The number of hydrogen-bond donors (Lipinski definition) is 0. The maximum atomic E-state index is 12.4. The van der Waals surface area contributed by atoms with E-state index < -0.39 is 0 Å². The van der Waals surface area contributed by atoms with Gasteiger partial charge in [-0.25, -0.2) is 0 Å². The normalized spacial score (nSPS) is 23.0. The molecule has 1 heterocycles. The van der Waals surface area contributed by atoms with E-state index in [1.807, 2.05) is 25.1 Å². The number of rotatable bonds is 1. The van der Waals surface area contributed by atoms with Crippen LogP contribution >= 0.6 is 15.9 Å². The van der Waals surface area contributed by atoms with Gasteiger partial charge in [0.25, 0.3) is 5.91 Å². The fourth-order valence-corrected chi connectivity index (χ4v) is 3.21. The molecule has 1 amide bonds. The van der Waals surface area contributed by atoms with Crippen LogP contribution in [0, 0.1) is 12.8 Å². The zero-order chi connectivity index (χ0) is 12.7. The Morgan fingerprint density at radius 3 is 2.94 bits per heavy atom. The number of aryl methyl sites for hydroxylation is 1. The van der Waals surface area contributed by atoms with Gasteiger partial charge in [0.15, 0.2) is 0 Å². The molecule has 1 saturated carbocycles. The highest BCUT2D eigenvalue weighted by Crippen LogP contribution is 2.34. The lowest BCUT2D eigenvalue weighted by Gasteiger charge is -2.18. The molecule has 1 unspecified atom stereocenters. The lowest BCUT2D eigenvalue weighted by atomic mass is 9.87. The maximum absolute atomic E-state index is 12.4. The summed E-state index contributed by atoms with van der Waals surface area (Å²) in [5, 5.41) is 6.14. The molecule has 3 rings (SSSR count). The van der Waals surface area contributed by atoms with Crippen molar-refractivity contribution in [2.75, 3.05) is 5.01 Å². The molecule has 0 radical (unpaired) electrons. The molecule has 0 N–H and O–H groups in total. The van der Waals surface area contributed by atoms with Gasteiger partial charge in [-0.3, -0.25) is 4.79 Å². The van der Waals surface area contributed by atoms with Crippen molar-refractivity contribution in [3.05, 3.63) is 28.2 Å². The van der Waals surface area contributed by atoms with E-state index in [9.17, 15) is 4.79 Å². The Balaban J connectivity index is 1.97. The molecule has 0 spiro atoms. The third kappa shape index (κ3) is 1.88. The van der Waals surface area contributed by atoms with E-state index in [-0.39, 0.29) is 11.8 Å². The number of anilines is 1. The molecule has 1 aliphatic heterocycles. The average molecular weight is 307 g/mol. The SMILES string of the molecule is Cc1cc(Br)ccc1N1N=C2CCCCC2C1=O. The number of amides is 1. The topological polar surface area (TPSA) is 32.7 Å². The first-order valence-electron chi connectivity index (χ1n) is 6.34. The summed E-state index contributed by atoms with van der Waals surface area (Å²) in [7, 11) is 0. The predicted octanol–water partition coefficient (Wildman–Crippen LogP) is 3.65. The van der Waals surface area contributed by atoms with Crippen LogP contribution in [0.15, 0.2) is 27.8 Å². The molecule has 0 bridgehead atoms. The molecule has 2 aliphatic rings. The van der Waals surface area contributed by atoms with Gasteiger partial charge < -0.3 is 0 Å². The number of hydrogen-bond acceptors (Lipinski definition) is 2. The second kappa shape index (κ2) is 4.50. The monoisotopic (exact) mass is 306 g/mol. The summed E-state index contributed by atoms with van der Waals surface area (Å²) in [6.07, 6.45) is 4.24. The van der Waals surface area contributed by atoms with Gasteiger partial charge in [0, 0.05) is 4.47 Å². The van der Waals surface area contributed by atoms with E-state index in [2.05, 4.69) is 21.0 Å². The summed E-state index contributed by atoms with van der Waals surface area (Å²) in [5.74, 6) is 0.192. The molecule has 18 heavy (non-hydrogen) atoms. The number of benzene rings is 1. The van der Waals surface area contributed by atoms with Crippen molar-refractivity contribution in [2.24, 2.45) is 11.0 Å². The molecular formula is C14H15BrN2O. The molecule has 1 aromatic carbocycles. The highest BCUT2D eigenvalue weighted by molar-refractivity contribution is 9.10. The first-order valence-corrected chi connectivity index (χ1v) is 7.13. The van der Waals surface area contributed by atoms with Crippen LogP contribution in [-0.2, 0) is 4.79 Å². The van der Waals surface area contributed by atoms with Crippen molar-refractivity contribution in [1.82, 2.24) is 0 Å². The first-order chi connectivity index (χ1) is 8.66. The van der Waals surface area contributed by atoms with Crippen LogP contribution in [0.3, 0.4) is 0 Å². The van der Waals surface area contributed by atoms with Crippen LogP contribution in [0.4, 0.5) is 5.69 Å². The van der Waals surface area contributed by atoms with Gasteiger partial charge in [0.1, 0.15) is 0 Å². The Morgan fingerprint density at radius 2 is 2.22 bits per heavy atom. The molecule has 1 aromatic rings. The minimum atomic E-state index is 0.0433. The fourth-order valence-electron chi connectivity index (χ4n) is 2.74. The second-order valence-corrected chi connectivity index (χ2v) is 5.89. The van der Waals surface area contributed by atoms with Gasteiger partial charge in [-0.1, -0.05) is 22.4 Å². The number of nitrogens with zero attached hydrogens (tertiary/aromatic N) is 2. The summed E-state index contributed by atoms with van der Waals surface area (Å²) in [6.45, 7) is 2.01. The number of hydrazone groups is 1. The molecule has 4 heteroatoms. The first kappa shape index (κ1) is 11.9. The van der Waals surface area contributed by atoms with Crippen LogP contribution in [0.5, 0.6) is 0 Å². The lowest BCUT2D eigenvalue weighted by Crippen LogP contribution is -2.29. The van der Waals surface area contributed by atoms with Crippen LogP contribution in [0.1, 0.15) is 31.2 Å². The second-order valence-electron chi connectivity index (χ2n) is 4.97. The summed E-state index contributed by atoms with van der Waals surface area (Å²) < 4.78 is 1.03. The van der Waals surface area contributed by atoms with E-state index in [1.54, 1.807) is 5.01 Å². The van der Waals surface area contributed by atoms with Gasteiger partial charge in [-0.2, -0.15) is 10.1 Å². The van der Waals surface area contributed by atoms with Crippen LogP contribution in [-0.4, -0.2) is 11.6 Å². The number of fused-ring (bicyclic) bond motifs is 1. The van der Waals surface area contributed by atoms with Gasteiger partial charge in [0.2, 0.25) is 0 Å². The molecule has 0 aromatic heterocycles. The summed E-state index contributed by atoms with van der Waals surface area (Å²) in [4.78, 5) is 12.4. The Bertz CT molecular complexity index is 539. The van der Waals surface area contributed by atoms with Crippen molar-refractivity contribution < 1.29 is 4.79 Å². The largest absolute Gasteiger partial charge is 0.272 e. The van der Waals surface area contributed by atoms with Gasteiger partial charge in [-0.15, -0.1) is 0 Å². The fraction of sp³-hybridized carbons (Fsp3) is 0.429. The third-order valence-electron chi connectivity index (χ3n) is 3.70. The van der Waals surface area contributed by atoms with E-state index in [0.717, 1.165) is 47.1 Å². The maximum Gasteiger partial charge on any atom is 0.256 e. The van der Waals surface area contributed by atoms with Crippen molar-refractivity contribution >= 4 is 33.2 Å². The molecule has 1 fully saturated rings. The van der Waals surface area contributed by atoms with E-state index in [1.165, 1.54) is 0 Å². The lowest BCUT2D eigenvalue weighted by molar-refractivity contribution is -0.120. The van der Waals surface area contributed by atoms with Crippen LogP contribution in [0.25, 0.3) is 0 Å². The zero-order valence-corrected chi connectivity index (χ0v) is 11.9. The van der Waals surface area contributed by atoms with Crippen molar-refractivity contribution in [3.63, 3.8) is 0 Å². The molecule has 1 aliphatic carbocycles. The van der Waals surface area contributed by atoms with Crippen LogP contribution in [0.2, 0.25) is 0 Å². The van der Waals surface area contributed by atoms with Gasteiger partial charge >= 0.3 is 0 Å². The number of halogens is 1. The molecule has 3 nitrogen and oxygen atoms in total. The average Bonchev–Trinajstić information content (AvgIpc) is 2.68. The quantitative estimate of drug-likeness (QED) is 0.779. The highest BCUT2D eigenvalue weighted by Gasteiger charge is 2.37.